The van der Waals surface area contributed by atoms with Gasteiger partial charge in [0.05, 0.1) is 0 Å². The minimum Gasteiger partial charge on any atom is -0.338 e. The molecule has 1 unspecified atom stereocenters. The molecular weight excluding hydrogens is 314 g/mol. The van der Waals surface area contributed by atoms with Crippen LogP contribution in [0.1, 0.15) is 12.0 Å². The Hall–Kier alpha value is -1.28. The molecule has 4 heterocycles. The van der Waals surface area contributed by atoms with Gasteiger partial charge in [-0.3, -0.25) is 9.80 Å². The van der Waals surface area contributed by atoms with Crippen LogP contribution in [0.5, 0.6) is 0 Å². The van der Waals surface area contributed by atoms with Crippen LogP contribution >= 0.6 is 0 Å². The van der Waals surface area contributed by atoms with Gasteiger partial charge in [-0.25, -0.2) is 9.97 Å². The molecule has 3 aliphatic heterocycles. The largest absolute Gasteiger partial charge is 0.338 e. The smallest absolute Gasteiger partial charge is 0.225 e. The van der Waals surface area contributed by atoms with Crippen LogP contribution in [-0.2, 0) is 6.54 Å². The lowest BCUT2D eigenvalue weighted by Gasteiger charge is -2.32. The quantitative estimate of drug-likeness (QED) is 0.805. The van der Waals surface area contributed by atoms with Gasteiger partial charge >= 0.3 is 0 Å². The van der Waals surface area contributed by atoms with Crippen molar-refractivity contribution in [1.29, 1.82) is 0 Å². The first-order valence-corrected chi connectivity index (χ1v) is 9.69. The van der Waals surface area contributed by atoms with Crippen molar-refractivity contribution in [2.24, 2.45) is 0 Å². The second kappa shape index (κ2) is 7.95. The highest BCUT2D eigenvalue weighted by Gasteiger charge is 2.28. The molecular formula is C18H31N7. The number of piperazine rings is 2. The fourth-order valence-electron chi connectivity index (χ4n) is 4.16. The molecule has 0 bridgehead atoms. The highest BCUT2D eigenvalue weighted by molar-refractivity contribution is 5.30. The van der Waals surface area contributed by atoms with E-state index in [0.29, 0.717) is 0 Å². The van der Waals surface area contributed by atoms with Gasteiger partial charge in [-0.2, -0.15) is 0 Å². The van der Waals surface area contributed by atoms with Crippen molar-refractivity contribution in [3.8, 4) is 0 Å². The Balaban J connectivity index is 1.28. The first-order valence-electron chi connectivity index (χ1n) is 9.69. The van der Waals surface area contributed by atoms with Gasteiger partial charge in [-0.1, -0.05) is 0 Å². The van der Waals surface area contributed by atoms with E-state index in [1.54, 1.807) is 0 Å². The Morgan fingerprint density at radius 2 is 1.72 bits per heavy atom. The zero-order chi connectivity index (χ0) is 17.1. The van der Waals surface area contributed by atoms with E-state index in [1.807, 2.05) is 12.4 Å². The number of nitrogens with zero attached hydrogens (tertiary/aromatic N) is 6. The van der Waals surface area contributed by atoms with Crippen LogP contribution in [0.2, 0.25) is 0 Å². The fraction of sp³-hybridized carbons (Fsp3) is 0.778. The molecule has 4 rings (SSSR count). The third kappa shape index (κ3) is 4.28. The number of hydrogen-bond donors (Lipinski definition) is 1. The topological polar surface area (TPSA) is 50.8 Å². The lowest BCUT2D eigenvalue weighted by Crippen LogP contribution is -2.49. The van der Waals surface area contributed by atoms with Gasteiger partial charge in [0.25, 0.3) is 0 Å². The molecule has 1 atom stereocenters. The van der Waals surface area contributed by atoms with E-state index in [4.69, 9.17) is 0 Å². The van der Waals surface area contributed by atoms with Crippen molar-refractivity contribution in [3.63, 3.8) is 0 Å². The van der Waals surface area contributed by atoms with Gasteiger partial charge in [-0.15, -0.1) is 0 Å². The van der Waals surface area contributed by atoms with Gasteiger partial charge in [0.1, 0.15) is 0 Å². The second-order valence-electron chi connectivity index (χ2n) is 7.65. The van der Waals surface area contributed by atoms with E-state index in [0.717, 1.165) is 57.8 Å². The van der Waals surface area contributed by atoms with E-state index < -0.39 is 0 Å². The van der Waals surface area contributed by atoms with Crippen LogP contribution in [0.4, 0.5) is 5.95 Å². The van der Waals surface area contributed by atoms with Gasteiger partial charge in [0, 0.05) is 96.0 Å². The van der Waals surface area contributed by atoms with Crippen molar-refractivity contribution in [2.75, 3.05) is 77.4 Å². The van der Waals surface area contributed by atoms with E-state index in [1.165, 1.54) is 38.2 Å². The van der Waals surface area contributed by atoms with Crippen molar-refractivity contribution < 1.29 is 0 Å². The molecule has 7 nitrogen and oxygen atoms in total. The molecule has 7 heteroatoms. The summed E-state index contributed by atoms with van der Waals surface area (Å²) in [6.45, 7) is 12.2. The third-order valence-electron chi connectivity index (χ3n) is 5.80. The maximum absolute atomic E-state index is 4.63. The number of anilines is 1. The summed E-state index contributed by atoms with van der Waals surface area (Å²) in [5.74, 6) is 0.886. The summed E-state index contributed by atoms with van der Waals surface area (Å²) in [6, 6.07) is 0.729. The lowest BCUT2D eigenvalue weighted by atomic mass is 10.2. The van der Waals surface area contributed by atoms with E-state index in [-0.39, 0.29) is 0 Å². The highest BCUT2D eigenvalue weighted by atomic mass is 15.3. The van der Waals surface area contributed by atoms with Gasteiger partial charge in [-0.05, 0) is 13.5 Å². The maximum Gasteiger partial charge on any atom is 0.225 e. The van der Waals surface area contributed by atoms with Crippen molar-refractivity contribution in [2.45, 2.75) is 19.0 Å². The molecule has 0 aromatic carbocycles. The minimum atomic E-state index is 0.729. The Bertz CT molecular complexity index is 535. The summed E-state index contributed by atoms with van der Waals surface area (Å²) in [4.78, 5) is 19.1. The average molecular weight is 345 g/mol. The molecule has 0 amide bonds. The summed E-state index contributed by atoms with van der Waals surface area (Å²) in [5.41, 5.74) is 1.24. The first-order chi connectivity index (χ1) is 12.3. The van der Waals surface area contributed by atoms with Gasteiger partial charge in [0.15, 0.2) is 0 Å². The molecule has 1 N–H and O–H groups in total. The zero-order valence-electron chi connectivity index (χ0n) is 15.4. The Kier molecular flexibility index (Phi) is 5.45. The van der Waals surface area contributed by atoms with Crippen LogP contribution in [0.25, 0.3) is 0 Å². The predicted molar refractivity (Wildman–Crippen MR) is 99.9 cm³/mol. The molecule has 3 saturated heterocycles. The number of likely N-dealkylation sites (tertiary alicyclic amines) is 1. The Morgan fingerprint density at radius 3 is 2.44 bits per heavy atom. The van der Waals surface area contributed by atoms with Crippen LogP contribution < -0.4 is 10.2 Å². The van der Waals surface area contributed by atoms with Crippen LogP contribution in [0, 0.1) is 0 Å². The molecule has 0 saturated carbocycles. The van der Waals surface area contributed by atoms with E-state index in [9.17, 15) is 0 Å². The summed E-state index contributed by atoms with van der Waals surface area (Å²) in [6.07, 6.45) is 5.35. The maximum atomic E-state index is 4.63. The monoisotopic (exact) mass is 345 g/mol. The van der Waals surface area contributed by atoms with Crippen molar-refractivity contribution in [3.05, 3.63) is 18.0 Å². The summed E-state index contributed by atoms with van der Waals surface area (Å²) in [5, 5.41) is 3.45. The van der Waals surface area contributed by atoms with Crippen LogP contribution in [-0.4, -0.2) is 103 Å². The summed E-state index contributed by atoms with van der Waals surface area (Å²) >= 11 is 0. The number of rotatable bonds is 4. The second-order valence-corrected chi connectivity index (χ2v) is 7.65. The lowest BCUT2D eigenvalue weighted by molar-refractivity contribution is 0.170. The molecule has 3 fully saturated rings. The predicted octanol–water partition coefficient (Wildman–Crippen LogP) is -0.292. The molecule has 0 spiro atoms. The fourth-order valence-corrected chi connectivity index (χ4v) is 4.16. The molecule has 0 radical (unpaired) electrons. The summed E-state index contributed by atoms with van der Waals surface area (Å²) in [7, 11) is 2.17. The molecule has 1 aromatic heterocycles. The van der Waals surface area contributed by atoms with E-state index in [2.05, 4.69) is 41.9 Å². The highest BCUT2D eigenvalue weighted by Crippen LogP contribution is 2.19. The number of aromatic nitrogens is 2. The first kappa shape index (κ1) is 17.1. The minimum absolute atomic E-state index is 0.729. The van der Waals surface area contributed by atoms with Crippen molar-refractivity contribution >= 4 is 5.95 Å². The Morgan fingerprint density at radius 1 is 1.00 bits per heavy atom. The SMILES string of the molecule is CN1CCN(c2ncc(CN3CCC(N4CCNCC4)C3)cn2)CC1. The normalized spacial score (nSPS) is 27.1. The molecule has 138 valence electrons. The number of likely N-dealkylation sites (N-methyl/N-ethyl adjacent to an activating group) is 1. The van der Waals surface area contributed by atoms with Crippen molar-refractivity contribution in [1.82, 2.24) is 30.0 Å². The standard InChI is InChI=1S/C18H31N7/c1-22-8-10-25(11-9-22)18-20-12-16(13-21-18)14-23-5-2-17(15-23)24-6-3-19-4-7-24/h12-13,17,19H,2-11,14-15H2,1H3. The average Bonchev–Trinajstić information content (AvgIpc) is 3.12. The number of nitrogens with one attached hydrogen (secondary N) is 1. The number of hydrogen-bond acceptors (Lipinski definition) is 7. The molecule has 25 heavy (non-hydrogen) atoms. The van der Waals surface area contributed by atoms with Crippen LogP contribution in [0.15, 0.2) is 12.4 Å². The molecule has 3 aliphatic rings. The van der Waals surface area contributed by atoms with E-state index >= 15 is 0 Å². The van der Waals surface area contributed by atoms with Crippen LogP contribution in [0.3, 0.4) is 0 Å². The summed E-state index contributed by atoms with van der Waals surface area (Å²) < 4.78 is 0. The third-order valence-corrected chi connectivity index (χ3v) is 5.80. The van der Waals surface area contributed by atoms with Gasteiger partial charge < -0.3 is 15.1 Å². The van der Waals surface area contributed by atoms with Gasteiger partial charge in [0.2, 0.25) is 5.95 Å². The zero-order valence-corrected chi connectivity index (χ0v) is 15.4. The Labute approximate surface area is 151 Å². The molecule has 1 aromatic rings. The molecule has 0 aliphatic carbocycles.